The summed E-state index contributed by atoms with van der Waals surface area (Å²) in [5, 5.41) is 10.5. The van der Waals surface area contributed by atoms with E-state index in [-0.39, 0.29) is 6.61 Å². The molecule has 1 rings (SSSR count). The topological polar surface area (TPSA) is 37.3 Å². The van der Waals surface area contributed by atoms with E-state index >= 15 is 0 Å². The molecule has 0 spiro atoms. The Kier molecular flexibility index (Phi) is 2.79. The van der Waals surface area contributed by atoms with Crippen molar-refractivity contribution in [2.45, 2.75) is 13.3 Å². The maximum absolute atomic E-state index is 10.4. The van der Waals surface area contributed by atoms with E-state index in [1.54, 1.807) is 0 Å². The van der Waals surface area contributed by atoms with E-state index in [1.165, 1.54) is 11.3 Å². The van der Waals surface area contributed by atoms with Crippen LogP contribution in [0, 0.1) is 6.92 Å². The molecule has 0 fully saturated rings. The number of aliphatic hydroxyl groups excluding tert-OH is 1. The Bertz CT molecular complexity index is 253. The zero-order valence-corrected chi connectivity index (χ0v) is 7.15. The monoisotopic (exact) mass is 170 g/mol. The first-order chi connectivity index (χ1) is 5.29. The van der Waals surface area contributed by atoms with E-state index in [0.29, 0.717) is 6.42 Å². The van der Waals surface area contributed by atoms with Gasteiger partial charge in [-0.1, -0.05) is 0 Å². The normalized spacial score (nSPS) is 10.0. The minimum atomic E-state index is 0.152. The Morgan fingerprint density at radius 2 is 2.45 bits per heavy atom. The molecule has 0 saturated heterocycles. The van der Waals surface area contributed by atoms with Gasteiger partial charge in [-0.3, -0.25) is 4.79 Å². The van der Waals surface area contributed by atoms with Gasteiger partial charge in [-0.2, -0.15) is 0 Å². The second kappa shape index (κ2) is 3.64. The molecule has 0 aromatic carbocycles. The standard InChI is InChI=1S/C8H10O2S/c1-6-7(4-10)5-11-8(6)2-3-9/h4-5,9H,2-3H2,1H3. The van der Waals surface area contributed by atoms with Gasteiger partial charge in [0.1, 0.15) is 0 Å². The minimum absolute atomic E-state index is 0.152. The van der Waals surface area contributed by atoms with Crippen molar-refractivity contribution in [2.75, 3.05) is 6.61 Å². The Labute approximate surface area is 69.5 Å². The van der Waals surface area contributed by atoms with Gasteiger partial charge in [0.25, 0.3) is 0 Å². The van der Waals surface area contributed by atoms with Gasteiger partial charge < -0.3 is 5.11 Å². The Morgan fingerprint density at radius 3 is 2.91 bits per heavy atom. The largest absolute Gasteiger partial charge is 0.396 e. The summed E-state index contributed by atoms with van der Waals surface area (Å²) in [6.07, 6.45) is 1.51. The van der Waals surface area contributed by atoms with E-state index in [1.807, 2.05) is 12.3 Å². The third kappa shape index (κ3) is 1.67. The van der Waals surface area contributed by atoms with Gasteiger partial charge in [0, 0.05) is 28.8 Å². The summed E-state index contributed by atoms with van der Waals surface area (Å²) < 4.78 is 0. The fourth-order valence-corrected chi connectivity index (χ4v) is 1.94. The first-order valence-electron chi connectivity index (χ1n) is 3.42. The summed E-state index contributed by atoms with van der Waals surface area (Å²) in [4.78, 5) is 11.5. The van der Waals surface area contributed by atoms with Crippen LogP contribution in [0.1, 0.15) is 20.8 Å². The Balaban J connectivity index is 2.90. The molecule has 0 aliphatic rings. The van der Waals surface area contributed by atoms with E-state index in [4.69, 9.17) is 5.11 Å². The van der Waals surface area contributed by atoms with Crippen LogP contribution in [-0.4, -0.2) is 18.0 Å². The van der Waals surface area contributed by atoms with Crippen LogP contribution in [0.15, 0.2) is 5.38 Å². The summed E-state index contributed by atoms with van der Waals surface area (Å²) in [7, 11) is 0. The number of aldehydes is 1. The average Bonchev–Trinajstić information content (AvgIpc) is 2.34. The van der Waals surface area contributed by atoms with Crippen molar-refractivity contribution in [3.05, 3.63) is 21.4 Å². The number of aliphatic hydroxyl groups is 1. The van der Waals surface area contributed by atoms with Crippen LogP contribution in [0.3, 0.4) is 0 Å². The number of hydrogen-bond donors (Lipinski definition) is 1. The third-order valence-corrected chi connectivity index (χ3v) is 2.81. The highest BCUT2D eigenvalue weighted by Crippen LogP contribution is 2.20. The third-order valence-electron chi connectivity index (χ3n) is 1.65. The second-order valence-electron chi connectivity index (χ2n) is 2.33. The maximum atomic E-state index is 10.4. The molecule has 2 nitrogen and oxygen atoms in total. The fourth-order valence-electron chi connectivity index (χ4n) is 0.937. The molecule has 0 radical (unpaired) electrons. The first-order valence-corrected chi connectivity index (χ1v) is 4.30. The molecule has 60 valence electrons. The average molecular weight is 170 g/mol. The summed E-state index contributed by atoms with van der Waals surface area (Å²) >= 11 is 1.53. The van der Waals surface area contributed by atoms with Gasteiger partial charge in [-0.05, 0) is 12.5 Å². The molecule has 0 atom stereocenters. The second-order valence-corrected chi connectivity index (χ2v) is 3.29. The highest BCUT2D eigenvalue weighted by atomic mass is 32.1. The zero-order chi connectivity index (χ0) is 8.27. The summed E-state index contributed by atoms with van der Waals surface area (Å²) in [5.41, 5.74) is 1.76. The smallest absolute Gasteiger partial charge is 0.151 e. The van der Waals surface area contributed by atoms with Crippen molar-refractivity contribution in [3.63, 3.8) is 0 Å². The molecule has 0 saturated carbocycles. The van der Waals surface area contributed by atoms with Gasteiger partial charge in [-0.15, -0.1) is 11.3 Å². The van der Waals surface area contributed by atoms with Crippen LogP contribution in [0.5, 0.6) is 0 Å². The SMILES string of the molecule is Cc1c(C=O)csc1CCO. The highest BCUT2D eigenvalue weighted by molar-refractivity contribution is 7.10. The van der Waals surface area contributed by atoms with E-state index in [9.17, 15) is 4.79 Å². The lowest BCUT2D eigenvalue weighted by Crippen LogP contribution is -1.90. The molecule has 0 bridgehead atoms. The summed E-state index contributed by atoms with van der Waals surface area (Å²) in [6.45, 7) is 2.06. The minimum Gasteiger partial charge on any atom is -0.396 e. The number of rotatable bonds is 3. The van der Waals surface area contributed by atoms with Gasteiger partial charge in [0.15, 0.2) is 6.29 Å². The van der Waals surface area contributed by atoms with Crippen molar-refractivity contribution in [2.24, 2.45) is 0 Å². The van der Waals surface area contributed by atoms with Crippen molar-refractivity contribution >= 4 is 17.6 Å². The van der Waals surface area contributed by atoms with Crippen molar-refractivity contribution in [1.82, 2.24) is 0 Å². The molecule has 1 N–H and O–H groups in total. The van der Waals surface area contributed by atoms with Crippen molar-refractivity contribution in [3.8, 4) is 0 Å². The predicted molar refractivity (Wildman–Crippen MR) is 45.2 cm³/mol. The predicted octanol–water partition coefficient (Wildman–Crippen LogP) is 1.40. The van der Waals surface area contributed by atoms with Crippen LogP contribution in [-0.2, 0) is 6.42 Å². The van der Waals surface area contributed by atoms with Crippen molar-refractivity contribution < 1.29 is 9.90 Å². The van der Waals surface area contributed by atoms with Crippen molar-refractivity contribution in [1.29, 1.82) is 0 Å². The van der Waals surface area contributed by atoms with Crippen LogP contribution in [0.4, 0.5) is 0 Å². The van der Waals surface area contributed by atoms with Gasteiger partial charge in [-0.25, -0.2) is 0 Å². The van der Waals surface area contributed by atoms with Crippen LogP contribution < -0.4 is 0 Å². The van der Waals surface area contributed by atoms with E-state index in [0.717, 1.165) is 22.3 Å². The number of thiophene rings is 1. The molecule has 3 heteroatoms. The molecule has 1 aromatic rings. The maximum Gasteiger partial charge on any atom is 0.151 e. The van der Waals surface area contributed by atoms with Crippen LogP contribution in [0.2, 0.25) is 0 Å². The molecular weight excluding hydrogens is 160 g/mol. The molecule has 11 heavy (non-hydrogen) atoms. The molecule has 1 heterocycles. The lowest BCUT2D eigenvalue weighted by atomic mass is 10.1. The van der Waals surface area contributed by atoms with Gasteiger partial charge >= 0.3 is 0 Å². The fraction of sp³-hybridized carbons (Fsp3) is 0.375. The summed E-state index contributed by atoms with van der Waals surface area (Å²) in [6, 6.07) is 0. The molecule has 0 aliphatic carbocycles. The molecular formula is C8H10O2S. The van der Waals surface area contributed by atoms with E-state index in [2.05, 4.69) is 0 Å². The molecule has 0 aliphatic heterocycles. The quantitative estimate of drug-likeness (QED) is 0.696. The number of carbonyl (C=O) groups excluding carboxylic acids is 1. The van der Waals surface area contributed by atoms with Gasteiger partial charge in [0.2, 0.25) is 0 Å². The van der Waals surface area contributed by atoms with E-state index < -0.39 is 0 Å². The molecule has 1 aromatic heterocycles. The lowest BCUT2D eigenvalue weighted by Gasteiger charge is -1.94. The molecule has 0 amide bonds. The van der Waals surface area contributed by atoms with Gasteiger partial charge in [0.05, 0.1) is 0 Å². The Morgan fingerprint density at radius 1 is 1.73 bits per heavy atom. The lowest BCUT2D eigenvalue weighted by molar-refractivity contribution is 0.112. The van der Waals surface area contributed by atoms with Crippen LogP contribution >= 0.6 is 11.3 Å². The molecule has 0 unspecified atom stereocenters. The zero-order valence-electron chi connectivity index (χ0n) is 6.33. The highest BCUT2D eigenvalue weighted by Gasteiger charge is 2.04. The number of hydrogen-bond acceptors (Lipinski definition) is 3. The van der Waals surface area contributed by atoms with Crippen LogP contribution in [0.25, 0.3) is 0 Å². The first kappa shape index (κ1) is 8.43. The summed E-state index contributed by atoms with van der Waals surface area (Å²) in [5.74, 6) is 0. The number of carbonyl (C=O) groups is 1. The Hall–Kier alpha value is -0.670.